The van der Waals surface area contributed by atoms with Gasteiger partial charge in [0, 0.05) is 12.4 Å². The lowest BCUT2D eigenvalue weighted by Gasteiger charge is -2.00. The van der Waals surface area contributed by atoms with E-state index in [1.54, 1.807) is 14.2 Å². The minimum atomic E-state index is 0.820. The number of benzene rings is 3. The fraction of sp³-hybridized carbons (Fsp3) is 0.0909. The van der Waals surface area contributed by atoms with E-state index in [1.807, 2.05) is 85.2 Å². The van der Waals surface area contributed by atoms with Crippen LogP contribution >= 0.6 is 0 Å². The summed E-state index contributed by atoms with van der Waals surface area (Å²) in [6.07, 6.45) is 3.68. The summed E-state index contributed by atoms with van der Waals surface area (Å²) in [7, 11) is 3.30. The number of hydrogen-bond donors (Lipinski definition) is 0. The van der Waals surface area contributed by atoms with Crippen molar-refractivity contribution < 1.29 is 9.47 Å². The van der Waals surface area contributed by atoms with Crippen LogP contribution in [0, 0.1) is 0 Å². The van der Waals surface area contributed by atoms with Crippen LogP contribution in [0.15, 0.2) is 82.8 Å². The molecule has 130 valence electrons. The van der Waals surface area contributed by atoms with E-state index < -0.39 is 0 Å². The number of aliphatic imine (C=N–C) groups is 2. The van der Waals surface area contributed by atoms with Crippen LogP contribution in [0.5, 0.6) is 11.5 Å². The number of rotatable bonds is 6. The lowest BCUT2D eigenvalue weighted by atomic mass is 10.1. The van der Waals surface area contributed by atoms with Crippen LogP contribution in [0.4, 0.5) is 11.4 Å². The van der Waals surface area contributed by atoms with Crippen molar-refractivity contribution in [3.05, 3.63) is 83.9 Å². The fourth-order valence-corrected chi connectivity index (χ4v) is 2.35. The highest BCUT2D eigenvalue weighted by Gasteiger charge is 1.95. The second-order valence-electron chi connectivity index (χ2n) is 5.58. The van der Waals surface area contributed by atoms with E-state index in [2.05, 4.69) is 9.98 Å². The first-order valence-corrected chi connectivity index (χ1v) is 8.23. The fourth-order valence-electron chi connectivity index (χ4n) is 2.35. The molecular formula is C22H20N2O2. The van der Waals surface area contributed by atoms with E-state index in [0.717, 1.165) is 34.0 Å². The summed E-state index contributed by atoms with van der Waals surface area (Å²) >= 11 is 0. The smallest absolute Gasteiger partial charge is 0.119 e. The average Bonchev–Trinajstić information content (AvgIpc) is 2.72. The highest BCUT2D eigenvalue weighted by Crippen LogP contribution is 2.19. The molecule has 0 heterocycles. The molecule has 0 radical (unpaired) electrons. The number of hydrogen-bond acceptors (Lipinski definition) is 4. The number of ether oxygens (including phenoxy) is 2. The summed E-state index contributed by atoms with van der Waals surface area (Å²) in [5, 5.41) is 0. The van der Waals surface area contributed by atoms with Gasteiger partial charge in [0.2, 0.25) is 0 Å². The van der Waals surface area contributed by atoms with Gasteiger partial charge in [-0.2, -0.15) is 0 Å². The molecule has 0 N–H and O–H groups in total. The molecule has 0 spiro atoms. The van der Waals surface area contributed by atoms with Crippen molar-refractivity contribution in [2.45, 2.75) is 0 Å². The minimum absolute atomic E-state index is 0.820. The molecule has 0 aliphatic rings. The summed E-state index contributed by atoms with van der Waals surface area (Å²) in [4.78, 5) is 8.98. The van der Waals surface area contributed by atoms with E-state index in [0.29, 0.717) is 0 Å². The maximum Gasteiger partial charge on any atom is 0.119 e. The highest BCUT2D eigenvalue weighted by atomic mass is 16.5. The molecule has 3 rings (SSSR count). The molecule has 0 unspecified atom stereocenters. The van der Waals surface area contributed by atoms with Crippen molar-refractivity contribution in [2.24, 2.45) is 9.98 Å². The Morgan fingerprint density at radius 3 is 1.42 bits per heavy atom. The third kappa shape index (κ3) is 4.80. The molecule has 4 heteroatoms. The lowest BCUT2D eigenvalue weighted by molar-refractivity contribution is 0.415. The summed E-state index contributed by atoms with van der Waals surface area (Å²) in [6.45, 7) is 0. The van der Waals surface area contributed by atoms with Gasteiger partial charge in [0.15, 0.2) is 0 Å². The molecule has 0 aliphatic heterocycles. The van der Waals surface area contributed by atoms with Gasteiger partial charge < -0.3 is 9.47 Å². The lowest BCUT2D eigenvalue weighted by Crippen LogP contribution is -1.86. The zero-order valence-corrected chi connectivity index (χ0v) is 14.8. The second kappa shape index (κ2) is 8.62. The molecule has 0 atom stereocenters. The Balaban J connectivity index is 1.70. The third-order valence-corrected chi connectivity index (χ3v) is 3.78. The molecule has 0 bridgehead atoms. The van der Waals surface area contributed by atoms with Crippen LogP contribution in [0.3, 0.4) is 0 Å². The average molecular weight is 344 g/mol. The summed E-state index contributed by atoms with van der Waals surface area (Å²) in [5.41, 5.74) is 3.78. The Morgan fingerprint density at radius 2 is 1.04 bits per heavy atom. The monoisotopic (exact) mass is 344 g/mol. The first-order valence-electron chi connectivity index (χ1n) is 8.23. The molecule has 3 aromatic rings. The quantitative estimate of drug-likeness (QED) is 0.577. The van der Waals surface area contributed by atoms with Crippen LogP contribution < -0.4 is 9.47 Å². The molecule has 26 heavy (non-hydrogen) atoms. The molecule has 0 saturated carbocycles. The Bertz CT molecular complexity index is 825. The number of methoxy groups -OCH3 is 2. The van der Waals surface area contributed by atoms with Crippen molar-refractivity contribution in [1.82, 2.24) is 0 Å². The predicted molar refractivity (Wildman–Crippen MR) is 107 cm³/mol. The van der Waals surface area contributed by atoms with E-state index in [9.17, 15) is 0 Å². The SMILES string of the molecule is COc1ccc(/N=C/c2cccc(/C=N/c3ccc(OC)cc3)c2)cc1. The normalized spacial score (nSPS) is 11.2. The molecule has 0 saturated heterocycles. The summed E-state index contributed by atoms with van der Waals surface area (Å²) in [6, 6.07) is 23.3. The van der Waals surface area contributed by atoms with E-state index in [1.165, 1.54) is 0 Å². The topological polar surface area (TPSA) is 43.2 Å². The van der Waals surface area contributed by atoms with Gasteiger partial charge in [-0.3, -0.25) is 9.98 Å². The van der Waals surface area contributed by atoms with Gasteiger partial charge in [-0.05, 0) is 65.7 Å². The van der Waals surface area contributed by atoms with Gasteiger partial charge >= 0.3 is 0 Å². The molecule has 3 aromatic carbocycles. The van der Waals surface area contributed by atoms with Crippen LogP contribution in [0.2, 0.25) is 0 Å². The molecule has 4 nitrogen and oxygen atoms in total. The number of nitrogens with zero attached hydrogens (tertiary/aromatic N) is 2. The molecule has 0 aromatic heterocycles. The maximum atomic E-state index is 5.15. The molecule has 0 aliphatic carbocycles. The van der Waals surface area contributed by atoms with Gasteiger partial charge in [-0.1, -0.05) is 18.2 Å². The second-order valence-corrected chi connectivity index (χ2v) is 5.58. The first-order chi connectivity index (χ1) is 12.8. The van der Waals surface area contributed by atoms with E-state index in [4.69, 9.17) is 9.47 Å². The maximum absolute atomic E-state index is 5.15. The first kappa shape index (κ1) is 17.4. The third-order valence-electron chi connectivity index (χ3n) is 3.78. The van der Waals surface area contributed by atoms with Gasteiger partial charge in [0.1, 0.15) is 11.5 Å². The predicted octanol–water partition coefficient (Wildman–Crippen LogP) is 5.21. The zero-order valence-electron chi connectivity index (χ0n) is 14.8. The summed E-state index contributed by atoms with van der Waals surface area (Å²) in [5.74, 6) is 1.64. The van der Waals surface area contributed by atoms with Gasteiger partial charge in [0.05, 0.1) is 25.6 Å². The van der Waals surface area contributed by atoms with Crippen molar-refractivity contribution in [3.8, 4) is 11.5 Å². The Kier molecular flexibility index (Phi) is 5.78. The van der Waals surface area contributed by atoms with E-state index in [-0.39, 0.29) is 0 Å². The Labute approximate surface area is 153 Å². The summed E-state index contributed by atoms with van der Waals surface area (Å²) < 4.78 is 10.3. The highest BCUT2D eigenvalue weighted by molar-refractivity contribution is 5.88. The molecule has 0 amide bonds. The standard InChI is InChI=1S/C22H20N2O2/c1-25-21-10-6-19(7-11-21)23-15-17-4-3-5-18(14-17)16-24-20-8-12-22(26-2)13-9-20/h3-16H,1-2H3/b23-15+,24-16+. The van der Waals surface area contributed by atoms with Crippen LogP contribution in [-0.2, 0) is 0 Å². The Morgan fingerprint density at radius 1 is 0.615 bits per heavy atom. The van der Waals surface area contributed by atoms with Crippen molar-refractivity contribution in [2.75, 3.05) is 14.2 Å². The zero-order chi connectivity index (χ0) is 18.2. The Hall–Kier alpha value is -3.40. The van der Waals surface area contributed by atoms with Gasteiger partial charge in [-0.15, -0.1) is 0 Å². The van der Waals surface area contributed by atoms with Crippen LogP contribution in [0.1, 0.15) is 11.1 Å². The molecule has 0 fully saturated rings. The van der Waals surface area contributed by atoms with Crippen molar-refractivity contribution >= 4 is 23.8 Å². The van der Waals surface area contributed by atoms with Crippen molar-refractivity contribution in [1.29, 1.82) is 0 Å². The van der Waals surface area contributed by atoms with Crippen LogP contribution in [0.25, 0.3) is 0 Å². The minimum Gasteiger partial charge on any atom is -0.497 e. The largest absolute Gasteiger partial charge is 0.497 e. The van der Waals surface area contributed by atoms with Gasteiger partial charge in [-0.25, -0.2) is 0 Å². The van der Waals surface area contributed by atoms with E-state index >= 15 is 0 Å². The van der Waals surface area contributed by atoms with Crippen molar-refractivity contribution in [3.63, 3.8) is 0 Å². The van der Waals surface area contributed by atoms with Gasteiger partial charge in [0.25, 0.3) is 0 Å². The molecular weight excluding hydrogens is 324 g/mol. The van der Waals surface area contributed by atoms with Crippen LogP contribution in [-0.4, -0.2) is 26.6 Å².